The fourth-order valence-electron chi connectivity index (χ4n) is 4.20. The minimum atomic E-state index is -0.568. The van der Waals surface area contributed by atoms with Crippen LogP contribution >= 0.6 is 0 Å². The first kappa shape index (κ1) is 23.2. The maximum Gasteiger partial charge on any atom is 0.336 e. The Balaban J connectivity index is 1.38. The number of hydrogen-bond acceptors (Lipinski definition) is 6. The third-order valence-corrected chi connectivity index (χ3v) is 6.01. The number of aryl methyl sites for hydroxylation is 1. The smallest absolute Gasteiger partial charge is 0.336 e. The molecule has 1 aromatic heterocycles. The molecule has 0 atom stereocenters. The van der Waals surface area contributed by atoms with Gasteiger partial charge in [0.05, 0.1) is 5.92 Å². The molecule has 0 bridgehead atoms. The molecule has 3 aromatic rings. The number of rotatable bonds is 5. The molecule has 1 aliphatic rings. The normalized spacial score (nSPS) is 14.1. The van der Waals surface area contributed by atoms with E-state index in [1.54, 1.807) is 23.1 Å². The number of carbonyl (C=O) groups is 3. The van der Waals surface area contributed by atoms with E-state index >= 15 is 0 Å². The molecule has 2 heterocycles. The fraction of sp³-hybridized carbons (Fsp3) is 0.308. The molecule has 1 fully saturated rings. The molecule has 1 saturated heterocycles. The fourth-order valence-corrected chi connectivity index (χ4v) is 4.20. The number of ether oxygens (including phenoxy) is 1. The summed E-state index contributed by atoms with van der Waals surface area (Å²) in [5.41, 5.74) is 2.37. The second-order valence-corrected chi connectivity index (χ2v) is 8.47. The molecular formula is C26H26N2O6. The van der Waals surface area contributed by atoms with Gasteiger partial charge in [0.15, 0.2) is 0 Å². The van der Waals surface area contributed by atoms with E-state index in [0.29, 0.717) is 53.7 Å². The Bertz CT molecular complexity index is 1300. The van der Waals surface area contributed by atoms with Crippen molar-refractivity contribution in [3.63, 3.8) is 0 Å². The first-order valence-corrected chi connectivity index (χ1v) is 11.2. The quantitative estimate of drug-likeness (QED) is 0.458. The second-order valence-electron chi connectivity index (χ2n) is 8.47. The molecule has 1 aliphatic heterocycles. The van der Waals surface area contributed by atoms with Crippen molar-refractivity contribution in [3.05, 3.63) is 75.6 Å². The van der Waals surface area contributed by atoms with Crippen LogP contribution in [0.1, 0.15) is 41.3 Å². The summed E-state index contributed by atoms with van der Waals surface area (Å²) in [4.78, 5) is 50.5. The van der Waals surface area contributed by atoms with Crippen molar-refractivity contribution >= 4 is 34.4 Å². The minimum Gasteiger partial charge on any atom is -0.461 e. The summed E-state index contributed by atoms with van der Waals surface area (Å²) in [6.45, 7) is 4.20. The number of fused-ring (bicyclic) bond motifs is 1. The third-order valence-electron chi connectivity index (χ3n) is 6.01. The Kier molecular flexibility index (Phi) is 6.77. The predicted molar refractivity (Wildman–Crippen MR) is 126 cm³/mol. The van der Waals surface area contributed by atoms with Gasteiger partial charge in [-0.05, 0) is 43.5 Å². The van der Waals surface area contributed by atoms with Crippen LogP contribution in [0.25, 0.3) is 11.0 Å². The lowest BCUT2D eigenvalue weighted by atomic mass is 9.96. The second kappa shape index (κ2) is 9.91. The average Bonchev–Trinajstić information content (AvgIpc) is 2.81. The maximum atomic E-state index is 12.8. The largest absolute Gasteiger partial charge is 0.461 e. The first-order chi connectivity index (χ1) is 16.3. The number of nitrogens with zero attached hydrogens (tertiary/aromatic N) is 1. The molecule has 8 nitrogen and oxygen atoms in total. The van der Waals surface area contributed by atoms with E-state index in [4.69, 9.17) is 9.15 Å². The number of anilines is 1. The SMILES string of the molecule is CC(=O)Nc1ccc2c(COC(=O)C3CCN(C(=O)c4ccccc4C)CC3)cc(=O)oc2c1. The van der Waals surface area contributed by atoms with Gasteiger partial charge in [0.25, 0.3) is 5.91 Å². The summed E-state index contributed by atoms with van der Waals surface area (Å²) >= 11 is 0. The number of benzene rings is 2. The molecular weight excluding hydrogens is 436 g/mol. The summed E-state index contributed by atoms with van der Waals surface area (Å²) in [6, 6.07) is 13.7. The molecule has 0 aliphatic carbocycles. The number of likely N-dealkylation sites (tertiary alicyclic amines) is 1. The first-order valence-electron chi connectivity index (χ1n) is 11.2. The van der Waals surface area contributed by atoms with Gasteiger partial charge in [0.2, 0.25) is 5.91 Å². The maximum absolute atomic E-state index is 12.8. The van der Waals surface area contributed by atoms with Gasteiger partial charge >= 0.3 is 11.6 Å². The topological polar surface area (TPSA) is 106 Å². The summed E-state index contributed by atoms with van der Waals surface area (Å²) in [6.07, 6.45) is 1.04. The molecule has 4 rings (SSSR count). The van der Waals surface area contributed by atoms with Gasteiger partial charge in [-0.15, -0.1) is 0 Å². The number of esters is 1. The molecule has 2 aromatic carbocycles. The van der Waals surface area contributed by atoms with Crippen LogP contribution in [0.5, 0.6) is 0 Å². The van der Waals surface area contributed by atoms with Crippen molar-refractivity contribution in [3.8, 4) is 0 Å². The number of nitrogens with one attached hydrogen (secondary N) is 1. The lowest BCUT2D eigenvalue weighted by Crippen LogP contribution is -2.40. The van der Waals surface area contributed by atoms with Gasteiger partial charge in [-0.2, -0.15) is 0 Å². The highest BCUT2D eigenvalue weighted by molar-refractivity contribution is 5.96. The van der Waals surface area contributed by atoms with Crippen molar-refractivity contribution < 1.29 is 23.5 Å². The average molecular weight is 463 g/mol. The van der Waals surface area contributed by atoms with Gasteiger partial charge in [-0.3, -0.25) is 14.4 Å². The van der Waals surface area contributed by atoms with Crippen LogP contribution in [0.4, 0.5) is 5.69 Å². The monoisotopic (exact) mass is 462 g/mol. The van der Waals surface area contributed by atoms with E-state index in [1.807, 2.05) is 31.2 Å². The number of carbonyl (C=O) groups excluding carboxylic acids is 3. The number of piperidine rings is 1. The Morgan fingerprint density at radius 1 is 1.09 bits per heavy atom. The van der Waals surface area contributed by atoms with Crippen LogP contribution in [0.2, 0.25) is 0 Å². The highest BCUT2D eigenvalue weighted by Gasteiger charge is 2.29. The van der Waals surface area contributed by atoms with Crippen LogP contribution in [0, 0.1) is 12.8 Å². The molecule has 1 N–H and O–H groups in total. The number of amides is 2. The van der Waals surface area contributed by atoms with E-state index in [1.165, 1.54) is 13.0 Å². The highest BCUT2D eigenvalue weighted by atomic mass is 16.5. The van der Waals surface area contributed by atoms with Gasteiger partial charge in [0, 0.05) is 54.3 Å². The van der Waals surface area contributed by atoms with Crippen LogP contribution < -0.4 is 10.9 Å². The standard InChI is InChI=1S/C26H26N2O6/c1-16-5-3-4-6-21(16)25(31)28-11-9-18(10-12-28)26(32)33-15-19-13-24(30)34-23-14-20(27-17(2)29)7-8-22(19)23/h3-8,13-14,18H,9-12,15H2,1-2H3,(H,27,29). The Labute approximate surface area is 196 Å². The molecule has 34 heavy (non-hydrogen) atoms. The van der Waals surface area contributed by atoms with Gasteiger partial charge in [-0.1, -0.05) is 18.2 Å². The zero-order valence-electron chi connectivity index (χ0n) is 19.1. The van der Waals surface area contributed by atoms with Gasteiger partial charge in [-0.25, -0.2) is 4.79 Å². The summed E-state index contributed by atoms with van der Waals surface area (Å²) < 4.78 is 10.8. The van der Waals surface area contributed by atoms with Crippen molar-refractivity contribution in [2.24, 2.45) is 5.92 Å². The molecule has 2 amide bonds. The zero-order valence-corrected chi connectivity index (χ0v) is 19.1. The van der Waals surface area contributed by atoms with Crippen molar-refractivity contribution in [1.29, 1.82) is 0 Å². The van der Waals surface area contributed by atoms with Crippen LogP contribution in [0.3, 0.4) is 0 Å². The molecule has 176 valence electrons. The van der Waals surface area contributed by atoms with Crippen molar-refractivity contribution in [1.82, 2.24) is 4.90 Å². The zero-order chi connectivity index (χ0) is 24.2. The van der Waals surface area contributed by atoms with Gasteiger partial charge < -0.3 is 19.4 Å². The van der Waals surface area contributed by atoms with Crippen molar-refractivity contribution in [2.75, 3.05) is 18.4 Å². The lowest BCUT2D eigenvalue weighted by molar-refractivity contribution is -0.151. The lowest BCUT2D eigenvalue weighted by Gasteiger charge is -2.31. The van der Waals surface area contributed by atoms with E-state index in [0.717, 1.165) is 5.56 Å². The Morgan fingerprint density at radius 3 is 2.53 bits per heavy atom. The Hall–Kier alpha value is -3.94. The van der Waals surface area contributed by atoms with Crippen LogP contribution in [-0.4, -0.2) is 35.8 Å². The van der Waals surface area contributed by atoms with Gasteiger partial charge in [0.1, 0.15) is 12.2 Å². The molecule has 8 heteroatoms. The summed E-state index contributed by atoms with van der Waals surface area (Å²) in [7, 11) is 0. The van der Waals surface area contributed by atoms with Crippen molar-refractivity contribution in [2.45, 2.75) is 33.3 Å². The molecule has 0 unspecified atom stereocenters. The molecule has 0 radical (unpaired) electrons. The van der Waals surface area contributed by atoms with E-state index in [9.17, 15) is 19.2 Å². The minimum absolute atomic E-state index is 0.0222. The number of hydrogen-bond donors (Lipinski definition) is 1. The van der Waals surface area contributed by atoms with E-state index in [-0.39, 0.29) is 30.3 Å². The molecule has 0 saturated carbocycles. The summed E-state index contributed by atoms with van der Waals surface area (Å²) in [5, 5.41) is 3.26. The van der Waals surface area contributed by atoms with E-state index < -0.39 is 5.63 Å². The Morgan fingerprint density at radius 2 is 1.82 bits per heavy atom. The highest BCUT2D eigenvalue weighted by Crippen LogP contribution is 2.24. The van der Waals surface area contributed by atoms with E-state index in [2.05, 4.69) is 5.32 Å². The van der Waals surface area contributed by atoms with Crippen LogP contribution in [0.15, 0.2) is 57.7 Å². The summed E-state index contributed by atoms with van der Waals surface area (Å²) in [5.74, 6) is -0.914. The van der Waals surface area contributed by atoms with Crippen LogP contribution in [-0.2, 0) is 20.9 Å². The third kappa shape index (κ3) is 5.17. The molecule has 0 spiro atoms. The predicted octanol–water partition coefficient (Wildman–Crippen LogP) is 3.66.